The van der Waals surface area contributed by atoms with Crippen molar-refractivity contribution in [2.45, 2.75) is 38.2 Å². The predicted molar refractivity (Wildman–Crippen MR) is 237 cm³/mol. The molecule has 0 bridgehead atoms. The number of amides is 2. The largest absolute Gasteiger partial charge is 0.391 e. The Labute approximate surface area is 358 Å². The molecule has 1 unspecified atom stereocenters. The summed E-state index contributed by atoms with van der Waals surface area (Å²) in [7, 11) is 1.66. The minimum Gasteiger partial charge on any atom is -0.391 e. The van der Waals surface area contributed by atoms with Crippen LogP contribution in [0.5, 0.6) is 0 Å². The molecule has 6 aromatic rings. The number of nitriles is 2. The van der Waals surface area contributed by atoms with E-state index in [1.165, 1.54) is 11.1 Å². The van der Waals surface area contributed by atoms with Gasteiger partial charge in [-0.3, -0.25) is 9.59 Å². The van der Waals surface area contributed by atoms with Crippen LogP contribution in [0.3, 0.4) is 0 Å². The van der Waals surface area contributed by atoms with Crippen LogP contribution in [0.15, 0.2) is 104 Å². The normalized spacial score (nSPS) is 14.5. The summed E-state index contributed by atoms with van der Waals surface area (Å²) in [6.07, 6.45) is 7.31. The van der Waals surface area contributed by atoms with E-state index in [1.54, 1.807) is 55.8 Å². The van der Waals surface area contributed by atoms with Crippen LogP contribution >= 0.6 is 0 Å². The van der Waals surface area contributed by atoms with Crippen LogP contribution in [0.2, 0.25) is 0 Å². The fraction of sp³-hybridized carbons (Fsp3) is 0.239. The molecule has 8 rings (SSSR count). The number of nitrogens with one attached hydrogen (secondary N) is 3. The summed E-state index contributed by atoms with van der Waals surface area (Å²) in [4.78, 5) is 53.9. The van der Waals surface area contributed by atoms with E-state index in [4.69, 9.17) is 0 Å². The number of aliphatic hydroxyl groups excluding tert-OH is 1. The van der Waals surface area contributed by atoms with Crippen molar-refractivity contribution in [2.24, 2.45) is 0 Å². The molecule has 16 heteroatoms. The van der Waals surface area contributed by atoms with Gasteiger partial charge in [0.25, 0.3) is 0 Å². The average molecular weight is 826 g/mol. The first-order valence-corrected chi connectivity index (χ1v) is 20.3. The quantitative estimate of drug-likeness (QED) is 0.0946. The van der Waals surface area contributed by atoms with Gasteiger partial charge in [0.1, 0.15) is 18.0 Å². The van der Waals surface area contributed by atoms with E-state index in [0.29, 0.717) is 71.1 Å². The molecule has 3 aromatic carbocycles. The van der Waals surface area contributed by atoms with Crippen LogP contribution in [-0.4, -0.2) is 81.2 Å². The monoisotopic (exact) mass is 825 g/mol. The Kier molecular flexibility index (Phi) is 12.2. The lowest BCUT2D eigenvalue weighted by atomic mass is 10.1. The van der Waals surface area contributed by atoms with Gasteiger partial charge in [0.05, 0.1) is 51.9 Å². The first kappa shape index (κ1) is 40.8. The molecule has 1 atom stereocenters. The van der Waals surface area contributed by atoms with E-state index in [-0.39, 0.29) is 24.7 Å². The molecule has 3 aromatic heterocycles. The van der Waals surface area contributed by atoms with E-state index < -0.39 is 6.10 Å². The first-order chi connectivity index (χ1) is 30.2. The summed E-state index contributed by atoms with van der Waals surface area (Å²) in [6.45, 7) is 3.10. The van der Waals surface area contributed by atoms with Gasteiger partial charge >= 0.3 is 0 Å². The van der Waals surface area contributed by atoms with Crippen molar-refractivity contribution in [3.05, 3.63) is 115 Å². The molecule has 0 radical (unpaired) electrons. The maximum atomic E-state index is 13.1. The number of anilines is 8. The Morgan fingerprint density at radius 2 is 1.34 bits per heavy atom. The number of aliphatic hydroxyl groups is 1. The SMILES string of the molecule is CN(C(=O)CCC(=O)Nc1ccc(Nc2nccc(-c3ccc(N4CCC(O)C4)c(C#N)c3)n2)cn1)c1ccc(Nc2nccc(-c3ccc(N4CCCC4)c(C#N)c3)n2)cc1. The van der Waals surface area contributed by atoms with Crippen molar-refractivity contribution in [3.8, 4) is 34.7 Å². The molecule has 0 spiro atoms. The van der Waals surface area contributed by atoms with E-state index >= 15 is 0 Å². The number of rotatable bonds is 13. The average Bonchev–Trinajstić information content (AvgIpc) is 4.01. The molecule has 62 heavy (non-hydrogen) atoms. The highest BCUT2D eigenvalue weighted by Crippen LogP contribution is 2.31. The van der Waals surface area contributed by atoms with Crippen LogP contribution in [0.1, 0.15) is 43.2 Å². The van der Waals surface area contributed by atoms with Crippen molar-refractivity contribution in [1.82, 2.24) is 24.9 Å². The molecule has 5 heterocycles. The van der Waals surface area contributed by atoms with Gasteiger partial charge in [-0.1, -0.05) is 12.1 Å². The molecule has 310 valence electrons. The Hall–Kier alpha value is -7.95. The Balaban J connectivity index is 0.807. The van der Waals surface area contributed by atoms with E-state index in [1.807, 2.05) is 53.4 Å². The first-order valence-electron chi connectivity index (χ1n) is 20.3. The fourth-order valence-electron chi connectivity index (χ4n) is 7.51. The number of pyridine rings is 1. The highest BCUT2D eigenvalue weighted by atomic mass is 16.3. The second kappa shape index (κ2) is 18.5. The van der Waals surface area contributed by atoms with Crippen LogP contribution in [0.25, 0.3) is 22.5 Å². The summed E-state index contributed by atoms with van der Waals surface area (Å²) >= 11 is 0. The third-order valence-electron chi connectivity index (χ3n) is 10.8. The third kappa shape index (κ3) is 9.57. The zero-order chi connectivity index (χ0) is 43.0. The summed E-state index contributed by atoms with van der Waals surface area (Å²) in [5, 5.41) is 38.7. The molecule has 2 amide bonds. The predicted octanol–water partition coefficient (Wildman–Crippen LogP) is 6.78. The van der Waals surface area contributed by atoms with Crippen molar-refractivity contribution in [2.75, 3.05) is 63.9 Å². The second-order valence-corrected chi connectivity index (χ2v) is 15.0. The molecular formula is C46H43N13O3. The highest BCUT2D eigenvalue weighted by molar-refractivity contribution is 5.97. The van der Waals surface area contributed by atoms with Crippen LogP contribution in [0.4, 0.5) is 46.2 Å². The van der Waals surface area contributed by atoms with E-state index in [0.717, 1.165) is 54.1 Å². The number of carbonyl (C=O) groups is 2. The minimum atomic E-state index is -0.397. The maximum Gasteiger partial charge on any atom is 0.227 e. The van der Waals surface area contributed by atoms with Gasteiger partial charge < -0.3 is 35.8 Å². The molecule has 16 nitrogen and oxygen atoms in total. The lowest BCUT2D eigenvalue weighted by Crippen LogP contribution is -2.27. The zero-order valence-electron chi connectivity index (χ0n) is 34.0. The standard InChI is InChI=1S/C46H43N13O3/c1-57(36-9-6-34(7-10-36)52-45-49-19-16-38(54-45)30-4-11-40(32(24-30)26-47)58-21-2-3-22-58)44(62)15-14-43(61)56-42-13-8-35(28-51-42)53-46-50-20-17-39(55-46)31-5-12-41(33(25-31)27-48)59-23-18-37(60)29-59/h4-13,16-17,19-20,24-25,28,37,60H,2-3,14-15,18,21-23,29H2,1H3,(H,49,52,54)(H,50,53,55)(H,51,56,61). The topological polar surface area (TPSA) is 212 Å². The van der Waals surface area contributed by atoms with Gasteiger partial charge in [-0.15, -0.1) is 0 Å². The van der Waals surface area contributed by atoms with Gasteiger partial charge in [-0.25, -0.2) is 24.9 Å². The number of hydrogen-bond acceptors (Lipinski definition) is 14. The molecular weight excluding hydrogens is 783 g/mol. The molecule has 2 aliphatic rings. The Morgan fingerprint density at radius 1 is 0.742 bits per heavy atom. The van der Waals surface area contributed by atoms with Crippen molar-refractivity contribution >= 4 is 58.0 Å². The van der Waals surface area contributed by atoms with Gasteiger partial charge in [0.2, 0.25) is 23.7 Å². The summed E-state index contributed by atoms with van der Waals surface area (Å²) in [6, 6.07) is 30.2. The third-order valence-corrected chi connectivity index (χ3v) is 10.8. The number of aromatic nitrogens is 5. The smallest absolute Gasteiger partial charge is 0.227 e. The number of benzene rings is 3. The number of carbonyl (C=O) groups excluding carboxylic acids is 2. The van der Waals surface area contributed by atoms with Gasteiger partial charge in [0.15, 0.2) is 0 Å². The lowest BCUT2D eigenvalue weighted by Gasteiger charge is -2.19. The Morgan fingerprint density at radius 3 is 1.90 bits per heavy atom. The van der Waals surface area contributed by atoms with E-state index in [9.17, 15) is 25.2 Å². The molecule has 0 saturated carbocycles. The number of β-amino-alcohol motifs (C(OH)–C–C–N with tert-alkyl or cyclic N) is 1. The lowest BCUT2D eigenvalue weighted by molar-refractivity contribution is -0.122. The van der Waals surface area contributed by atoms with Crippen molar-refractivity contribution in [1.29, 1.82) is 10.5 Å². The summed E-state index contributed by atoms with van der Waals surface area (Å²) < 4.78 is 0. The molecule has 0 aliphatic carbocycles. The highest BCUT2D eigenvalue weighted by Gasteiger charge is 2.23. The van der Waals surface area contributed by atoms with Gasteiger partial charge in [0, 0.05) is 81.0 Å². The molecule has 2 aliphatic heterocycles. The van der Waals surface area contributed by atoms with Crippen LogP contribution in [-0.2, 0) is 9.59 Å². The Bertz CT molecular complexity index is 2670. The molecule has 2 saturated heterocycles. The number of nitrogens with zero attached hydrogens (tertiary/aromatic N) is 10. The van der Waals surface area contributed by atoms with Gasteiger partial charge in [-0.2, -0.15) is 10.5 Å². The summed E-state index contributed by atoms with van der Waals surface area (Å²) in [5.41, 5.74) is 7.72. The van der Waals surface area contributed by atoms with Gasteiger partial charge in [-0.05, 0) is 92.1 Å². The van der Waals surface area contributed by atoms with Crippen molar-refractivity contribution < 1.29 is 14.7 Å². The fourth-order valence-corrected chi connectivity index (χ4v) is 7.51. The van der Waals surface area contributed by atoms with E-state index in [2.05, 4.69) is 57.9 Å². The summed E-state index contributed by atoms with van der Waals surface area (Å²) in [5.74, 6) is 0.455. The molecule has 4 N–H and O–H groups in total. The zero-order valence-corrected chi connectivity index (χ0v) is 34.0. The van der Waals surface area contributed by atoms with Crippen LogP contribution < -0.4 is 30.7 Å². The maximum absolute atomic E-state index is 13.1. The second-order valence-electron chi connectivity index (χ2n) is 15.0. The molecule has 2 fully saturated rings. The number of hydrogen-bond donors (Lipinski definition) is 4. The minimum absolute atomic E-state index is 0.0111. The van der Waals surface area contributed by atoms with Crippen molar-refractivity contribution in [3.63, 3.8) is 0 Å². The van der Waals surface area contributed by atoms with Crippen LogP contribution in [0, 0.1) is 22.7 Å².